The van der Waals surface area contributed by atoms with E-state index in [-0.39, 0.29) is 0 Å². The predicted molar refractivity (Wildman–Crippen MR) is 64.7 cm³/mol. The second-order valence-corrected chi connectivity index (χ2v) is 5.76. The van der Waals surface area contributed by atoms with E-state index in [4.69, 9.17) is 4.74 Å². The van der Waals surface area contributed by atoms with Gasteiger partial charge in [0.2, 0.25) is 0 Å². The van der Waals surface area contributed by atoms with E-state index in [1.54, 1.807) is 11.3 Å². The molecule has 0 bridgehead atoms. The van der Waals surface area contributed by atoms with E-state index in [1.165, 1.54) is 17.8 Å². The molecule has 3 nitrogen and oxygen atoms in total. The van der Waals surface area contributed by atoms with Crippen LogP contribution in [0, 0.1) is 12.8 Å². The van der Waals surface area contributed by atoms with Gasteiger partial charge in [0.15, 0.2) is 0 Å². The van der Waals surface area contributed by atoms with E-state index in [2.05, 4.69) is 22.6 Å². The number of rotatable bonds is 4. The van der Waals surface area contributed by atoms with Crippen LogP contribution in [0.3, 0.4) is 0 Å². The van der Waals surface area contributed by atoms with Crippen molar-refractivity contribution in [1.29, 1.82) is 0 Å². The zero-order valence-electron chi connectivity index (χ0n) is 9.61. The second-order valence-electron chi connectivity index (χ2n) is 4.87. The first kappa shape index (κ1) is 10.7. The highest BCUT2D eigenvalue weighted by molar-refractivity contribution is 7.09. The van der Waals surface area contributed by atoms with Crippen molar-refractivity contribution < 1.29 is 4.74 Å². The molecule has 4 heteroatoms. The summed E-state index contributed by atoms with van der Waals surface area (Å²) in [5.41, 5.74) is 1.15. The van der Waals surface area contributed by atoms with E-state index < -0.39 is 0 Å². The molecular formula is C12H18N2OS. The van der Waals surface area contributed by atoms with E-state index >= 15 is 0 Å². The molecule has 1 saturated carbocycles. The molecule has 1 aliphatic heterocycles. The molecule has 0 spiro atoms. The summed E-state index contributed by atoms with van der Waals surface area (Å²) in [4.78, 5) is 4.63. The van der Waals surface area contributed by atoms with Crippen LogP contribution >= 0.6 is 11.3 Å². The molecule has 1 saturated heterocycles. The number of ether oxygens (including phenoxy) is 1. The summed E-state index contributed by atoms with van der Waals surface area (Å²) in [6, 6.07) is 1.01. The Morgan fingerprint density at radius 2 is 2.38 bits per heavy atom. The Bertz CT molecular complexity index is 356. The van der Waals surface area contributed by atoms with Gasteiger partial charge in [0.25, 0.3) is 0 Å². The lowest BCUT2D eigenvalue weighted by atomic mass is 10.1. The van der Waals surface area contributed by atoms with Gasteiger partial charge in [0.1, 0.15) is 5.01 Å². The number of aromatic nitrogens is 1. The maximum Gasteiger partial charge on any atom is 0.110 e. The minimum atomic E-state index is 0.477. The lowest BCUT2D eigenvalue weighted by Crippen LogP contribution is -2.34. The average molecular weight is 238 g/mol. The molecule has 1 aromatic rings. The van der Waals surface area contributed by atoms with Gasteiger partial charge < -0.3 is 10.1 Å². The Balaban J connectivity index is 1.70. The number of aryl methyl sites for hydroxylation is 1. The van der Waals surface area contributed by atoms with E-state index in [0.717, 1.165) is 31.2 Å². The molecule has 16 heavy (non-hydrogen) atoms. The molecule has 2 fully saturated rings. The van der Waals surface area contributed by atoms with Crippen LogP contribution in [0.5, 0.6) is 0 Å². The molecule has 2 unspecified atom stereocenters. The predicted octanol–water partition coefficient (Wildman–Crippen LogP) is 2.28. The monoisotopic (exact) mass is 238 g/mol. The van der Waals surface area contributed by atoms with Crippen molar-refractivity contribution in [3.63, 3.8) is 0 Å². The van der Waals surface area contributed by atoms with Crippen LogP contribution in [0.15, 0.2) is 5.38 Å². The molecule has 1 aliphatic carbocycles. The molecule has 2 aliphatic rings. The smallest absolute Gasteiger partial charge is 0.110 e. The van der Waals surface area contributed by atoms with Gasteiger partial charge in [0, 0.05) is 23.7 Å². The topological polar surface area (TPSA) is 34.1 Å². The van der Waals surface area contributed by atoms with Gasteiger partial charge in [-0.3, -0.25) is 0 Å². The summed E-state index contributed by atoms with van der Waals surface area (Å²) < 4.78 is 5.42. The Morgan fingerprint density at radius 3 is 2.94 bits per heavy atom. The van der Waals surface area contributed by atoms with Gasteiger partial charge in [-0.2, -0.15) is 0 Å². The lowest BCUT2D eigenvalue weighted by molar-refractivity contribution is 0.187. The van der Waals surface area contributed by atoms with Gasteiger partial charge in [0.05, 0.1) is 12.6 Å². The number of hydrogen-bond acceptors (Lipinski definition) is 4. The first-order chi connectivity index (χ1) is 7.83. The van der Waals surface area contributed by atoms with Crippen molar-refractivity contribution in [3.05, 3.63) is 16.1 Å². The van der Waals surface area contributed by atoms with Crippen LogP contribution in [0.4, 0.5) is 0 Å². The zero-order valence-corrected chi connectivity index (χ0v) is 10.4. The number of thiazole rings is 1. The fourth-order valence-corrected chi connectivity index (χ4v) is 3.22. The van der Waals surface area contributed by atoms with Crippen molar-refractivity contribution in [2.24, 2.45) is 5.92 Å². The van der Waals surface area contributed by atoms with Gasteiger partial charge in [-0.25, -0.2) is 4.98 Å². The molecular weight excluding hydrogens is 220 g/mol. The van der Waals surface area contributed by atoms with Crippen LogP contribution in [0.2, 0.25) is 0 Å². The Kier molecular flexibility index (Phi) is 2.96. The van der Waals surface area contributed by atoms with Crippen molar-refractivity contribution >= 4 is 11.3 Å². The average Bonchev–Trinajstić information content (AvgIpc) is 2.81. The summed E-state index contributed by atoms with van der Waals surface area (Å²) in [5.74, 6) is 0.811. The molecule has 0 amide bonds. The summed E-state index contributed by atoms with van der Waals surface area (Å²) in [6.45, 7) is 3.85. The molecule has 0 aromatic carbocycles. The standard InChI is InChI=1S/C12H18N2OS/c1-8-7-16-12(13-8)11(9-2-3-9)14-10-4-5-15-6-10/h7,9-11,14H,2-6H2,1H3. The van der Waals surface area contributed by atoms with Gasteiger partial charge in [-0.05, 0) is 32.1 Å². The van der Waals surface area contributed by atoms with Gasteiger partial charge in [-0.15, -0.1) is 11.3 Å². The van der Waals surface area contributed by atoms with Gasteiger partial charge >= 0.3 is 0 Å². The van der Waals surface area contributed by atoms with Crippen molar-refractivity contribution in [3.8, 4) is 0 Å². The number of hydrogen-bond donors (Lipinski definition) is 1. The van der Waals surface area contributed by atoms with Crippen molar-refractivity contribution in [2.75, 3.05) is 13.2 Å². The van der Waals surface area contributed by atoms with Crippen LogP contribution in [-0.4, -0.2) is 24.2 Å². The minimum absolute atomic E-state index is 0.477. The molecule has 2 atom stereocenters. The molecule has 1 N–H and O–H groups in total. The van der Waals surface area contributed by atoms with Crippen molar-refractivity contribution in [2.45, 2.75) is 38.3 Å². The maximum absolute atomic E-state index is 5.42. The van der Waals surface area contributed by atoms with E-state index in [0.29, 0.717) is 12.1 Å². The van der Waals surface area contributed by atoms with Crippen LogP contribution in [-0.2, 0) is 4.74 Å². The fourth-order valence-electron chi connectivity index (χ4n) is 2.27. The third-order valence-corrected chi connectivity index (χ3v) is 4.39. The first-order valence-electron chi connectivity index (χ1n) is 6.09. The minimum Gasteiger partial charge on any atom is -0.380 e. The summed E-state index contributed by atoms with van der Waals surface area (Å²) in [7, 11) is 0. The maximum atomic E-state index is 5.42. The third kappa shape index (κ3) is 2.29. The van der Waals surface area contributed by atoms with Gasteiger partial charge in [-0.1, -0.05) is 0 Å². The highest BCUT2D eigenvalue weighted by Gasteiger charge is 2.35. The fraction of sp³-hybridized carbons (Fsp3) is 0.750. The van der Waals surface area contributed by atoms with Crippen LogP contribution in [0.25, 0.3) is 0 Å². The summed E-state index contributed by atoms with van der Waals surface area (Å²) in [5, 5.41) is 7.15. The second kappa shape index (κ2) is 4.43. The first-order valence-corrected chi connectivity index (χ1v) is 6.97. The van der Waals surface area contributed by atoms with Crippen LogP contribution < -0.4 is 5.32 Å². The molecule has 0 radical (unpaired) electrons. The normalized spacial score (nSPS) is 27.2. The largest absolute Gasteiger partial charge is 0.380 e. The molecule has 3 rings (SSSR count). The lowest BCUT2D eigenvalue weighted by Gasteiger charge is -2.19. The Morgan fingerprint density at radius 1 is 1.50 bits per heavy atom. The highest BCUT2D eigenvalue weighted by Crippen LogP contribution is 2.42. The SMILES string of the molecule is Cc1csc(C(NC2CCOC2)C2CC2)n1. The van der Waals surface area contributed by atoms with E-state index in [9.17, 15) is 0 Å². The Labute approximate surface area is 100 Å². The zero-order chi connectivity index (χ0) is 11.0. The summed E-state index contributed by atoms with van der Waals surface area (Å²) >= 11 is 1.79. The Hall–Kier alpha value is -0.450. The van der Waals surface area contributed by atoms with E-state index in [1.807, 2.05) is 0 Å². The number of nitrogens with zero attached hydrogens (tertiary/aromatic N) is 1. The van der Waals surface area contributed by atoms with Crippen LogP contribution in [0.1, 0.15) is 36.0 Å². The molecule has 88 valence electrons. The summed E-state index contributed by atoms with van der Waals surface area (Å²) in [6.07, 6.45) is 3.85. The number of nitrogens with one attached hydrogen (secondary N) is 1. The molecule has 2 heterocycles. The quantitative estimate of drug-likeness (QED) is 0.874. The third-order valence-electron chi connectivity index (χ3n) is 3.34. The van der Waals surface area contributed by atoms with Crippen molar-refractivity contribution in [1.82, 2.24) is 10.3 Å². The molecule has 1 aromatic heterocycles. The highest BCUT2D eigenvalue weighted by atomic mass is 32.1.